The molecular formula is C18H27ClN4O. The minimum atomic E-state index is 0.423. The smallest absolute Gasteiger partial charge is 0.247 e. The van der Waals surface area contributed by atoms with E-state index in [1.807, 2.05) is 24.3 Å². The molecule has 0 aliphatic rings. The molecule has 1 aromatic carbocycles. The van der Waals surface area contributed by atoms with Gasteiger partial charge in [0.1, 0.15) is 0 Å². The third-order valence-electron chi connectivity index (χ3n) is 4.17. The molecule has 1 heterocycles. The van der Waals surface area contributed by atoms with Gasteiger partial charge in [0, 0.05) is 16.6 Å². The van der Waals surface area contributed by atoms with Crippen LogP contribution in [0.4, 0.5) is 0 Å². The van der Waals surface area contributed by atoms with Gasteiger partial charge >= 0.3 is 0 Å². The Morgan fingerprint density at radius 1 is 1.17 bits per heavy atom. The molecule has 0 bridgehead atoms. The van der Waals surface area contributed by atoms with Crippen LogP contribution in [-0.4, -0.2) is 40.8 Å². The van der Waals surface area contributed by atoms with Crippen molar-refractivity contribution in [3.63, 3.8) is 0 Å². The van der Waals surface area contributed by atoms with E-state index in [4.69, 9.17) is 16.0 Å². The van der Waals surface area contributed by atoms with Crippen LogP contribution in [0.1, 0.15) is 39.5 Å². The Labute approximate surface area is 149 Å². The first kappa shape index (κ1) is 18.9. The van der Waals surface area contributed by atoms with Crippen molar-refractivity contribution >= 4 is 11.6 Å². The number of halogens is 1. The summed E-state index contributed by atoms with van der Waals surface area (Å²) >= 11 is 5.89. The standard InChI is InChI=1S/C18H27ClN4O/c1-4-23(5-2)12-6-7-14(3)20-13-17-21-22-18(24-17)15-8-10-16(19)11-9-15/h8-11,14,20H,4-7,12-13H2,1-3H3/t14-/m1/s1. The third-order valence-corrected chi connectivity index (χ3v) is 4.42. The lowest BCUT2D eigenvalue weighted by Crippen LogP contribution is -2.28. The molecular weight excluding hydrogens is 324 g/mol. The average Bonchev–Trinajstić information content (AvgIpc) is 3.06. The first-order valence-corrected chi connectivity index (χ1v) is 9.04. The highest BCUT2D eigenvalue weighted by atomic mass is 35.5. The fraction of sp³-hybridized carbons (Fsp3) is 0.556. The van der Waals surface area contributed by atoms with Gasteiger partial charge in [-0.2, -0.15) is 0 Å². The van der Waals surface area contributed by atoms with Crippen molar-refractivity contribution in [1.29, 1.82) is 0 Å². The molecule has 1 N–H and O–H groups in total. The summed E-state index contributed by atoms with van der Waals surface area (Å²) in [6.45, 7) is 10.6. The summed E-state index contributed by atoms with van der Waals surface area (Å²) in [6, 6.07) is 7.81. The molecule has 2 rings (SSSR count). The summed E-state index contributed by atoms with van der Waals surface area (Å²) in [5, 5.41) is 12.3. The van der Waals surface area contributed by atoms with Gasteiger partial charge in [0.15, 0.2) is 0 Å². The normalized spacial score (nSPS) is 12.7. The van der Waals surface area contributed by atoms with Crippen molar-refractivity contribution in [3.8, 4) is 11.5 Å². The van der Waals surface area contributed by atoms with Gasteiger partial charge < -0.3 is 14.6 Å². The number of nitrogens with zero attached hydrogens (tertiary/aromatic N) is 3. The Morgan fingerprint density at radius 3 is 2.54 bits per heavy atom. The zero-order chi connectivity index (χ0) is 17.4. The van der Waals surface area contributed by atoms with Crippen LogP contribution in [0, 0.1) is 0 Å². The molecule has 1 aromatic heterocycles. The lowest BCUT2D eigenvalue weighted by molar-refractivity contribution is 0.289. The molecule has 1 atom stereocenters. The molecule has 0 saturated heterocycles. The lowest BCUT2D eigenvalue weighted by Gasteiger charge is -2.19. The molecule has 0 radical (unpaired) electrons. The maximum Gasteiger partial charge on any atom is 0.247 e. The molecule has 0 saturated carbocycles. The van der Waals surface area contributed by atoms with Gasteiger partial charge in [-0.05, 0) is 63.7 Å². The van der Waals surface area contributed by atoms with Crippen LogP contribution in [0.5, 0.6) is 0 Å². The molecule has 0 fully saturated rings. The Bertz CT molecular complexity index is 595. The van der Waals surface area contributed by atoms with Crippen molar-refractivity contribution in [3.05, 3.63) is 35.2 Å². The summed E-state index contributed by atoms with van der Waals surface area (Å²) in [5.41, 5.74) is 0.880. The maximum absolute atomic E-state index is 5.89. The highest BCUT2D eigenvalue weighted by molar-refractivity contribution is 6.30. The summed E-state index contributed by atoms with van der Waals surface area (Å²) in [6.07, 6.45) is 2.32. The van der Waals surface area contributed by atoms with Crippen LogP contribution in [0.15, 0.2) is 28.7 Å². The van der Waals surface area contributed by atoms with E-state index in [1.54, 1.807) is 0 Å². The number of hydrogen-bond acceptors (Lipinski definition) is 5. The largest absolute Gasteiger partial charge is 0.419 e. The van der Waals surface area contributed by atoms with Crippen LogP contribution in [0.3, 0.4) is 0 Å². The lowest BCUT2D eigenvalue weighted by atomic mass is 10.1. The van der Waals surface area contributed by atoms with Gasteiger partial charge in [-0.25, -0.2) is 0 Å². The van der Waals surface area contributed by atoms with E-state index in [0.717, 1.165) is 31.6 Å². The Morgan fingerprint density at radius 2 is 1.88 bits per heavy atom. The predicted octanol–water partition coefficient (Wildman–Crippen LogP) is 3.99. The predicted molar refractivity (Wildman–Crippen MR) is 98.1 cm³/mol. The van der Waals surface area contributed by atoms with Gasteiger partial charge in [-0.15, -0.1) is 10.2 Å². The quantitative estimate of drug-likeness (QED) is 0.702. The molecule has 132 valence electrons. The topological polar surface area (TPSA) is 54.2 Å². The van der Waals surface area contributed by atoms with Crippen LogP contribution in [-0.2, 0) is 6.54 Å². The van der Waals surface area contributed by atoms with Crippen molar-refractivity contribution in [2.75, 3.05) is 19.6 Å². The number of aromatic nitrogens is 2. The number of hydrogen-bond donors (Lipinski definition) is 1. The van der Waals surface area contributed by atoms with Crippen molar-refractivity contribution in [2.45, 2.75) is 46.2 Å². The van der Waals surface area contributed by atoms with Crippen LogP contribution >= 0.6 is 11.6 Å². The van der Waals surface area contributed by atoms with E-state index in [0.29, 0.717) is 29.4 Å². The van der Waals surface area contributed by atoms with Crippen LogP contribution in [0.2, 0.25) is 5.02 Å². The van der Waals surface area contributed by atoms with Crippen molar-refractivity contribution in [2.24, 2.45) is 0 Å². The first-order valence-electron chi connectivity index (χ1n) is 8.66. The highest BCUT2D eigenvalue weighted by Gasteiger charge is 2.10. The molecule has 0 spiro atoms. The van der Waals surface area contributed by atoms with Crippen LogP contribution in [0.25, 0.3) is 11.5 Å². The van der Waals surface area contributed by atoms with Crippen molar-refractivity contribution in [1.82, 2.24) is 20.4 Å². The monoisotopic (exact) mass is 350 g/mol. The van der Waals surface area contributed by atoms with Gasteiger partial charge in [0.25, 0.3) is 0 Å². The van der Waals surface area contributed by atoms with Crippen molar-refractivity contribution < 1.29 is 4.42 Å². The van der Waals surface area contributed by atoms with Crippen LogP contribution < -0.4 is 5.32 Å². The van der Waals surface area contributed by atoms with E-state index in [2.05, 4.69) is 41.2 Å². The van der Waals surface area contributed by atoms with E-state index in [9.17, 15) is 0 Å². The Balaban J connectivity index is 1.75. The van der Waals surface area contributed by atoms with E-state index >= 15 is 0 Å². The Kier molecular flexibility index (Phi) is 7.69. The highest BCUT2D eigenvalue weighted by Crippen LogP contribution is 2.20. The summed E-state index contributed by atoms with van der Waals surface area (Å²) in [5.74, 6) is 1.13. The van der Waals surface area contributed by atoms with E-state index in [1.165, 1.54) is 6.42 Å². The summed E-state index contributed by atoms with van der Waals surface area (Å²) in [7, 11) is 0. The summed E-state index contributed by atoms with van der Waals surface area (Å²) < 4.78 is 5.70. The second kappa shape index (κ2) is 9.77. The second-order valence-electron chi connectivity index (χ2n) is 5.96. The molecule has 0 unspecified atom stereocenters. The third kappa shape index (κ3) is 5.89. The zero-order valence-corrected chi connectivity index (χ0v) is 15.5. The Hall–Kier alpha value is -1.43. The average molecular weight is 351 g/mol. The van der Waals surface area contributed by atoms with Gasteiger partial charge in [-0.1, -0.05) is 25.4 Å². The summed E-state index contributed by atoms with van der Waals surface area (Å²) in [4.78, 5) is 2.45. The van der Waals surface area contributed by atoms with E-state index < -0.39 is 0 Å². The number of rotatable bonds is 10. The number of benzene rings is 1. The molecule has 6 heteroatoms. The zero-order valence-electron chi connectivity index (χ0n) is 14.8. The van der Waals surface area contributed by atoms with Gasteiger partial charge in [-0.3, -0.25) is 0 Å². The van der Waals surface area contributed by atoms with E-state index in [-0.39, 0.29) is 0 Å². The molecule has 0 aliphatic heterocycles. The molecule has 5 nitrogen and oxygen atoms in total. The molecule has 0 amide bonds. The molecule has 24 heavy (non-hydrogen) atoms. The number of nitrogens with one attached hydrogen (secondary N) is 1. The fourth-order valence-corrected chi connectivity index (χ4v) is 2.68. The fourth-order valence-electron chi connectivity index (χ4n) is 2.56. The molecule has 2 aromatic rings. The minimum Gasteiger partial charge on any atom is -0.419 e. The first-order chi connectivity index (χ1) is 11.6. The SMILES string of the molecule is CCN(CC)CCC[C@@H](C)NCc1nnc(-c2ccc(Cl)cc2)o1. The molecule has 0 aliphatic carbocycles. The minimum absolute atomic E-state index is 0.423. The van der Waals surface area contributed by atoms with Gasteiger partial charge in [0.2, 0.25) is 11.8 Å². The maximum atomic E-state index is 5.89. The van der Waals surface area contributed by atoms with Gasteiger partial charge in [0.05, 0.1) is 6.54 Å². The second-order valence-corrected chi connectivity index (χ2v) is 6.40.